The fourth-order valence-corrected chi connectivity index (χ4v) is 3.91. The summed E-state index contributed by atoms with van der Waals surface area (Å²) in [5, 5.41) is 5.90. The summed E-state index contributed by atoms with van der Waals surface area (Å²) in [6, 6.07) is 14.0. The highest BCUT2D eigenvalue weighted by molar-refractivity contribution is 5.96. The van der Waals surface area contributed by atoms with Crippen LogP contribution in [0.15, 0.2) is 72.4 Å². The molecule has 0 saturated carbocycles. The molecule has 0 fully saturated rings. The lowest BCUT2D eigenvalue weighted by Crippen LogP contribution is -2.35. The summed E-state index contributed by atoms with van der Waals surface area (Å²) in [6.07, 6.45) is 5.99. The van der Waals surface area contributed by atoms with Gasteiger partial charge in [-0.05, 0) is 55.3 Å². The zero-order chi connectivity index (χ0) is 28.2. The summed E-state index contributed by atoms with van der Waals surface area (Å²) >= 11 is 0. The van der Waals surface area contributed by atoms with Crippen molar-refractivity contribution in [2.24, 2.45) is 4.99 Å². The first kappa shape index (κ1) is 28.9. The third-order valence-electron chi connectivity index (χ3n) is 6.06. The number of carbonyl (C=O) groups is 2. The quantitative estimate of drug-likeness (QED) is 0.242. The van der Waals surface area contributed by atoms with Gasteiger partial charge in [0.2, 0.25) is 0 Å². The van der Waals surface area contributed by atoms with Crippen LogP contribution in [-0.2, 0) is 6.54 Å². The maximum atomic E-state index is 12.9. The van der Waals surface area contributed by atoms with Crippen LogP contribution in [0.1, 0.15) is 44.7 Å². The molecule has 0 saturated heterocycles. The van der Waals surface area contributed by atoms with Crippen molar-refractivity contribution in [1.82, 2.24) is 15.6 Å². The Bertz CT molecular complexity index is 1320. The number of ether oxygens (including phenoxy) is 3. The van der Waals surface area contributed by atoms with E-state index < -0.39 is 0 Å². The Morgan fingerprint density at radius 2 is 1.74 bits per heavy atom. The van der Waals surface area contributed by atoms with Gasteiger partial charge in [0.05, 0.1) is 26.9 Å². The molecule has 2 N–H and O–H groups in total. The largest absolute Gasteiger partial charge is 0.496 e. The SMILES string of the molecule is C=CCC(CC=Nc1ccc(C(=O)NCc2ccc(OC)c(OC)c2)cn1)NC(=O)c1cccc(OC)c1C. The number of amides is 2. The van der Waals surface area contributed by atoms with Gasteiger partial charge >= 0.3 is 0 Å². The minimum atomic E-state index is -0.255. The highest BCUT2D eigenvalue weighted by Gasteiger charge is 2.16. The molecule has 204 valence electrons. The van der Waals surface area contributed by atoms with Gasteiger partial charge in [-0.15, -0.1) is 6.58 Å². The van der Waals surface area contributed by atoms with E-state index in [2.05, 4.69) is 27.2 Å². The Hall–Kier alpha value is -4.66. The molecule has 0 spiro atoms. The molecule has 0 radical (unpaired) electrons. The Morgan fingerprint density at radius 1 is 0.974 bits per heavy atom. The van der Waals surface area contributed by atoms with Crippen LogP contribution in [0.25, 0.3) is 0 Å². The van der Waals surface area contributed by atoms with Crippen LogP contribution in [-0.4, -0.2) is 50.4 Å². The van der Waals surface area contributed by atoms with Crippen molar-refractivity contribution in [2.45, 2.75) is 32.4 Å². The number of hydrogen-bond donors (Lipinski definition) is 2. The van der Waals surface area contributed by atoms with E-state index in [1.165, 1.54) is 6.20 Å². The van der Waals surface area contributed by atoms with Gasteiger partial charge < -0.3 is 24.8 Å². The van der Waals surface area contributed by atoms with E-state index in [4.69, 9.17) is 14.2 Å². The molecule has 9 nitrogen and oxygen atoms in total. The summed E-state index contributed by atoms with van der Waals surface area (Å²) in [7, 11) is 4.71. The van der Waals surface area contributed by atoms with Crippen LogP contribution in [0.3, 0.4) is 0 Å². The van der Waals surface area contributed by atoms with Gasteiger partial charge in [0.15, 0.2) is 17.3 Å². The molecule has 2 aromatic carbocycles. The van der Waals surface area contributed by atoms with Gasteiger partial charge in [-0.1, -0.05) is 18.2 Å². The molecule has 1 atom stereocenters. The lowest BCUT2D eigenvalue weighted by atomic mass is 10.1. The fraction of sp³-hybridized carbons (Fsp3) is 0.267. The van der Waals surface area contributed by atoms with E-state index in [1.54, 1.807) is 64.0 Å². The minimum absolute atomic E-state index is 0.187. The Balaban J connectivity index is 1.55. The Morgan fingerprint density at radius 3 is 2.41 bits per heavy atom. The molecule has 3 aromatic rings. The number of carbonyl (C=O) groups excluding carboxylic acids is 2. The van der Waals surface area contributed by atoms with E-state index in [0.29, 0.717) is 53.6 Å². The molecule has 1 heterocycles. The molecule has 1 unspecified atom stereocenters. The molecule has 39 heavy (non-hydrogen) atoms. The number of aromatic nitrogens is 1. The summed E-state index contributed by atoms with van der Waals surface area (Å²) in [5.74, 6) is 1.89. The number of benzene rings is 2. The molecule has 1 aromatic heterocycles. The fourth-order valence-electron chi connectivity index (χ4n) is 3.91. The zero-order valence-electron chi connectivity index (χ0n) is 22.7. The van der Waals surface area contributed by atoms with E-state index in [-0.39, 0.29) is 17.9 Å². The molecule has 9 heteroatoms. The van der Waals surface area contributed by atoms with Crippen molar-refractivity contribution >= 4 is 23.8 Å². The lowest BCUT2D eigenvalue weighted by Gasteiger charge is -2.17. The predicted molar refractivity (Wildman–Crippen MR) is 152 cm³/mol. The van der Waals surface area contributed by atoms with Crippen molar-refractivity contribution in [3.05, 3.63) is 89.6 Å². The number of rotatable bonds is 13. The minimum Gasteiger partial charge on any atom is -0.496 e. The van der Waals surface area contributed by atoms with Crippen molar-refractivity contribution in [2.75, 3.05) is 21.3 Å². The third-order valence-corrected chi connectivity index (χ3v) is 6.06. The smallest absolute Gasteiger partial charge is 0.253 e. The second kappa shape index (κ2) is 14.3. The number of methoxy groups -OCH3 is 3. The Labute approximate surface area is 228 Å². The van der Waals surface area contributed by atoms with E-state index in [0.717, 1.165) is 11.1 Å². The lowest BCUT2D eigenvalue weighted by molar-refractivity contribution is 0.0933. The second-order valence-electron chi connectivity index (χ2n) is 8.65. The molecule has 0 aliphatic rings. The molecule has 0 aliphatic heterocycles. The second-order valence-corrected chi connectivity index (χ2v) is 8.65. The van der Waals surface area contributed by atoms with Crippen LogP contribution in [0.4, 0.5) is 5.82 Å². The van der Waals surface area contributed by atoms with Crippen molar-refractivity contribution in [3.63, 3.8) is 0 Å². The van der Waals surface area contributed by atoms with Crippen LogP contribution in [0, 0.1) is 6.92 Å². The molecular weight excluding hydrogens is 496 g/mol. The van der Waals surface area contributed by atoms with E-state index in [9.17, 15) is 9.59 Å². The summed E-state index contributed by atoms with van der Waals surface area (Å²) in [4.78, 5) is 34.1. The normalized spacial score (nSPS) is 11.5. The molecule has 0 aliphatic carbocycles. The van der Waals surface area contributed by atoms with Gasteiger partial charge in [0, 0.05) is 42.5 Å². The van der Waals surface area contributed by atoms with Crippen molar-refractivity contribution in [3.8, 4) is 17.2 Å². The highest BCUT2D eigenvalue weighted by atomic mass is 16.5. The molecule has 2 amide bonds. The van der Waals surface area contributed by atoms with Crippen LogP contribution >= 0.6 is 0 Å². The predicted octanol–water partition coefficient (Wildman–Crippen LogP) is 4.81. The maximum Gasteiger partial charge on any atom is 0.253 e. The van der Waals surface area contributed by atoms with Gasteiger partial charge in [0.25, 0.3) is 11.8 Å². The molecule has 3 rings (SSSR count). The topological polar surface area (TPSA) is 111 Å². The zero-order valence-corrected chi connectivity index (χ0v) is 22.7. The molecular formula is C30H34N4O5. The Kier molecular flexibility index (Phi) is 10.6. The number of nitrogens with one attached hydrogen (secondary N) is 2. The first-order chi connectivity index (χ1) is 18.9. The van der Waals surface area contributed by atoms with Crippen LogP contribution in [0.2, 0.25) is 0 Å². The summed E-state index contributed by atoms with van der Waals surface area (Å²) in [5.41, 5.74) is 2.63. The first-order valence-corrected chi connectivity index (χ1v) is 12.4. The standard InChI is InChI=1S/C30H34N4O5/c1-6-8-23(34-30(36)24-9-7-10-25(37-3)20(24)2)15-16-31-28-14-12-22(19-32-28)29(35)33-18-21-11-13-26(38-4)27(17-21)39-5/h6-7,9-14,16-17,19,23H,1,8,15,18H2,2-5H3,(H,33,35)(H,34,36). The van der Waals surface area contributed by atoms with Crippen LogP contribution < -0.4 is 24.8 Å². The average molecular weight is 531 g/mol. The maximum absolute atomic E-state index is 12.9. The van der Waals surface area contributed by atoms with E-state index >= 15 is 0 Å². The number of nitrogens with zero attached hydrogens (tertiary/aromatic N) is 2. The van der Waals surface area contributed by atoms with Gasteiger partial charge in [-0.25, -0.2) is 9.98 Å². The van der Waals surface area contributed by atoms with Gasteiger partial charge in [0.1, 0.15) is 5.75 Å². The monoisotopic (exact) mass is 530 g/mol. The van der Waals surface area contributed by atoms with Crippen molar-refractivity contribution in [1.29, 1.82) is 0 Å². The van der Waals surface area contributed by atoms with E-state index in [1.807, 2.05) is 25.1 Å². The number of hydrogen-bond acceptors (Lipinski definition) is 7. The average Bonchev–Trinajstić information content (AvgIpc) is 2.96. The van der Waals surface area contributed by atoms with Crippen molar-refractivity contribution < 1.29 is 23.8 Å². The highest BCUT2D eigenvalue weighted by Crippen LogP contribution is 2.27. The molecule has 0 bridgehead atoms. The van der Waals surface area contributed by atoms with Gasteiger partial charge in [-0.2, -0.15) is 0 Å². The summed E-state index contributed by atoms with van der Waals surface area (Å²) < 4.78 is 15.9. The van der Waals surface area contributed by atoms with Gasteiger partial charge in [-0.3, -0.25) is 9.59 Å². The van der Waals surface area contributed by atoms with Crippen LogP contribution in [0.5, 0.6) is 17.2 Å². The first-order valence-electron chi connectivity index (χ1n) is 12.4. The number of aliphatic imine (C=N–C) groups is 1. The summed E-state index contributed by atoms with van der Waals surface area (Å²) in [6.45, 7) is 5.97. The number of pyridine rings is 1. The third kappa shape index (κ3) is 7.91.